The van der Waals surface area contributed by atoms with Gasteiger partial charge >= 0.3 is 0 Å². The molecule has 0 amide bonds. The van der Waals surface area contributed by atoms with Crippen molar-refractivity contribution in [1.29, 1.82) is 0 Å². The highest BCUT2D eigenvalue weighted by atomic mass is 79.9. The topological polar surface area (TPSA) is 21.3 Å². The summed E-state index contributed by atoms with van der Waals surface area (Å²) in [6.07, 6.45) is 8.00. The molecular weight excluding hydrogens is 454 g/mol. The molecule has 0 saturated carbocycles. The van der Waals surface area contributed by atoms with Crippen molar-refractivity contribution < 1.29 is 4.74 Å². The number of hydrogen-bond acceptors (Lipinski definition) is 2. The number of rotatable bonds is 12. The predicted octanol–water partition coefficient (Wildman–Crippen LogP) is 7.24. The highest BCUT2D eigenvalue weighted by Gasteiger charge is 2.09. The number of halogens is 2. The normalized spacial score (nSPS) is 10.9. The summed E-state index contributed by atoms with van der Waals surface area (Å²) >= 11 is 7.29. The summed E-state index contributed by atoms with van der Waals surface area (Å²) in [5.41, 5.74) is 2.41. The van der Waals surface area contributed by atoms with E-state index >= 15 is 0 Å². The molecule has 1 N–H and O–H groups in total. The number of nitrogens with one attached hydrogen (secondary N) is 1. The monoisotopic (exact) mass is 481 g/mol. The summed E-state index contributed by atoms with van der Waals surface area (Å²) in [5.74, 6) is 0.855. The molecule has 0 aliphatic heterocycles. The molecule has 4 heteroatoms. The maximum atomic E-state index is 5.98. The van der Waals surface area contributed by atoms with Gasteiger partial charge in [0.05, 0.1) is 8.95 Å². The number of hydrogen-bond donors (Lipinski definition) is 1. The minimum Gasteiger partial charge on any atom is -0.487 e. The van der Waals surface area contributed by atoms with Gasteiger partial charge in [-0.25, -0.2) is 0 Å². The average molecular weight is 483 g/mol. The van der Waals surface area contributed by atoms with Gasteiger partial charge in [0.1, 0.15) is 12.4 Å². The van der Waals surface area contributed by atoms with Crippen molar-refractivity contribution in [3.8, 4) is 5.75 Å². The second kappa shape index (κ2) is 12.5. The van der Waals surface area contributed by atoms with Gasteiger partial charge in [0, 0.05) is 6.54 Å². The molecule has 0 spiro atoms. The summed E-state index contributed by atoms with van der Waals surface area (Å²) in [7, 11) is 0. The van der Waals surface area contributed by atoms with Crippen LogP contribution in [0, 0.1) is 0 Å². The third-order valence-electron chi connectivity index (χ3n) is 4.32. The van der Waals surface area contributed by atoms with Crippen LogP contribution in [0.1, 0.15) is 56.6 Å². The predicted molar refractivity (Wildman–Crippen MR) is 118 cm³/mol. The first-order chi connectivity index (χ1) is 12.7. The molecule has 0 atom stereocenters. The van der Waals surface area contributed by atoms with Crippen LogP contribution >= 0.6 is 31.9 Å². The highest BCUT2D eigenvalue weighted by molar-refractivity contribution is 9.11. The van der Waals surface area contributed by atoms with E-state index in [1.807, 2.05) is 18.2 Å². The molecule has 0 heterocycles. The Kier molecular flexibility index (Phi) is 10.3. The quantitative estimate of drug-likeness (QED) is 0.322. The second-order valence-corrected chi connectivity index (χ2v) is 8.32. The first-order valence-electron chi connectivity index (χ1n) is 9.56. The average Bonchev–Trinajstić information content (AvgIpc) is 2.64. The molecular formula is C22H29Br2NO. The van der Waals surface area contributed by atoms with Crippen LogP contribution in [-0.2, 0) is 13.2 Å². The van der Waals surface area contributed by atoms with Gasteiger partial charge in [-0.2, -0.15) is 0 Å². The zero-order chi connectivity index (χ0) is 18.6. The van der Waals surface area contributed by atoms with E-state index in [1.165, 1.54) is 44.1 Å². The second-order valence-electron chi connectivity index (χ2n) is 6.61. The van der Waals surface area contributed by atoms with Crippen molar-refractivity contribution in [2.24, 2.45) is 0 Å². The molecule has 0 aliphatic rings. The smallest absolute Gasteiger partial charge is 0.148 e. The third-order valence-corrected chi connectivity index (χ3v) is 5.50. The number of unbranched alkanes of at least 4 members (excludes halogenated alkanes) is 5. The maximum absolute atomic E-state index is 5.98. The zero-order valence-electron chi connectivity index (χ0n) is 15.6. The van der Waals surface area contributed by atoms with Gasteiger partial charge in [-0.3, -0.25) is 0 Å². The summed E-state index contributed by atoms with van der Waals surface area (Å²) < 4.78 is 7.95. The van der Waals surface area contributed by atoms with Crippen LogP contribution < -0.4 is 10.1 Å². The van der Waals surface area contributed by atoms with Crippen LogP contribution in [0.2, 0.25) is 0 Å². The van der Waals surface area contributed by atoms with Gasteiger partial charge in [0.15, 0.2) is 0 Å². The van der Waals surface area contributed by atoms with Crippen molar-refractivity contribution in [2.75, 3.05) is 6.54 Å². The largest absolute Gasteiger partial charge is 0.487 e. The lowest BCUT2D eigenvalue weighted by atomic mass is 10.1. The summed E-state index contributed by atoms with van der Waals surface area (Å²) in [6, 6.07) is 14.5. The van der Waals surface area contributed by atoms with Crippen molar-refractivity contribution in [3.05, 3.63) is 62.5 Å². The molecule has 0 fully saturated rings. The molecule has 2 nitrogen and oxygen atoms in total. The molecule has 142 valence electrons. The van der Waals surface area contributed by atoms with Crippen LogP contribution in [0.15, 0.2) is 51.4 Å². The van der Waals surface area contributed by atoms with E-state index in [9.17, 15) is 0 Å². The molecule has 0 saturated heterocycles. The van der Waals surface area contributed by atoms with Crippen molar-refractivity contribution in [2.45, 2.75) is 58.6 Å². The van der Waals surface area contributed by atoms with Gasteiger partial charge in [0.2, 0.25) is 0 Å². The van der Waals surface area contributed by atoms with E-state index in [2.05, 4.69) is 68.4 Å². The molecule has 0 aromatic heterocycles. The Labute approximate surface area is 175 Å². The molecule has 0 bridgehead atoms. The Morgan fingerprint density at radius 1 is 0.846 bits per heavy atom. The maximum Gasteiger partial charge on any atom is 0.148 e. The van der Waals surface area contributed by atoms with Crippen LogP contribution in [0.4, 0.5) is 0 Å². The van der Waals surface area contributed by atoms with E-state index in [4.69, 9.17) is 4.74 Å². The SMILES string of the molecule is CCCCCCCCNCc1cc(Br)c(OCc2ccccc2)c(Br)c1. The van der Waals surface area contributed by atoms with E-state index in [-0.39, 0.29) is 0 Å². The Bertz CT molecular complexity index is 623. The summed E-state index contributed by atoms with van der Waals surface area (Å²) in [5, 5.41) is 3.54. The standard InChI is InChI=1S/C22H29Br2NO/c1-2-3-4-5-6-10-13-25-16-19-14-20(23)22(21(24)15-19)26-17-18-11-8-7-9-12-18/h7-9,11-12,14-15,25H,2-6,10,13,16-17H2,1H3. The Morgan fingerprint density at radius 3 is 2.19 bits per heavy atom. The third kappa shape index (κ3) is 7.81. The number of ether oxygens (including phenoxy) is 1. The zero-order valence-corrected chi connectivity index (χ0v) is 18.7. The first kappa shape index (κ1) is 21.5. The lowest BCUT2D eigenvalue weighted by Gasteiger charge is -2.13. The molecule has 26 heavy (non-hydrogen) atoms. The van der Waals surface area contributed by atoms with Gasteiger partial charge < -0.3 is 10.1 Å². The van der Waals surface area contributed by atoms with E-state index in [1.54, 1.807) is 0 Å². The fourth-order valence-electron chi connectivity index (χ4n) is 2.85. The molecule has 0 radical (unpaired) electrons. The Balaban J connectivity index is 1.75. The minimum absolute atomic E-state index is 0.563. The Hall–Kier alpha value is -0.840. The summed E-state index contributed by atoms with van der Waals surface area (Å²) in [6.45, 7) is 4.78. The fraction of sp³-hybridized carbons (Fsp3) is 0.455. The molecule has 2 aromatic rings. The van der Waals surface area contributed by atoms with Crippen molar-refractivity contribution in [1.82, 2.24) is 5.32 Å². The van der Waals surface area contributed by atoms with Gasteiger partial charge in [-0.05, 0) is 68.1 Å². The van der Waals surface area contributed by atoms with Crippen molar-refractivity contribution in [3.63, 3.8) is 0 Å². The molecule has 2 rings (SSSR count). The molecule has 0 unspecified atom stereocenters. The van der Waals surface area contributed by atoms with Crippen LogP contribution in [-0.4, -0.2) is 6.54 Å². The first-order valence-corrected chi connectivity index (χ1v) is 11.1. The van der Waals surface area contributed by atoms with Gasteiger partial charge in [-0.15, -0.1) is 0 Å². The molecule has 0 aliphatic carbocycles. The fourth-order valence-corrected chi connectivity index (χ4v) is 4.36. The number of benzene rings is 2. The lowest BCUT2D eigenvalue weighted by molar-refractivity contribution is 0.302. The highest BCUT2D eigenvalue weighted by Crippen LogP contribution is 2.35. The van der Waals surface area contributed by atoms with Crippen LogP contribution in [0.25, 0.3) is 0 Å². The van der Waals surface area contributed by atoms with E-state index in [0.717, 1.165) is 33.3 Å². The summed E-state index contributed by atoms with van der Waals surface area (Å²) in [4.78, 5) is 0. The minimum atomic E-state index is 0.563. The van der Waals surface area contributed by atoms with Crippen LogP contribution in [0.5, 0.6) is 5.75 Å². The van der Waals surface area contributed by atoms with Crippen LogP contribution in [0.3, 0.4) is 0 Å². The molecule has 2 aromatic carbocycles. The van der Waals surface area contributed by atoms with Gasteiger partial charge in [-0.1, -0.05) is 69.4 Å². The van der Waals surface area contributed by atoms with E-state index in [0.29, 0.717) is 6.61 Å². The lowest BCUT2D eigenvalue weighted by Crippen LogP contribution is -2.14. The Morgan fingerprint density at radius 2 is 1.50 bits per heavy atom. The van der Waals surface area contributed by atoms with E-state index < -0.39 is 0 Å². The van der Waals surface area contributed by atoms with Gasteiger partial charge in [0.25, 0.3) is 0 Å². The van der Waals surface area contributed by atoms with Crippen molar-refractivity contribution >= 4 is 31.9 Å².